The average molecular weight is 102 g/mol. The van der Waals surface area contributed by atoms with Crippen LogP contribution in [0.2, 0.25) is 0 Å². The Hall–Kier alpha value is -0.240. The highest BCUT2D eigenvalue weighted by atomic mass is 17.0. The van der Waals surface area contributed by atoms with E-state index in [0.29, 0.717) is 0 Å². The van der Waals surface area contributed by atoms with Crippen molar-refractivity contribution in [3.05, 3.63) is 0 Å². The minimum atomic E-state index is 0. The lowest BCUT2D eigenvalue weighted by Gasteiger charge is -1.25. The van der Waals surface area contributed by atoms with Gasteiger partial charge in [-0.05, 0) is 0 Å². The van der Waals surface area contributed by atoms with Gasteiger partial charge in [-0.2, -0.15) is 0 Å². The quantitative estimate of drug-likeness (QED) is 0.192. The molecule has 0 spiro atoms. The fourth-order valence-corrected chi connectivity index (χ4v) is 0. The van der Waals surface area contributed by atoms with Crippen LogP contribution in [0.1, 0.15) is 0 Å². The fourth-order valence-electron chi connectivity index (χ4n) is 0. The lowest BCUT2D eigenvalue weighted by atomic mass is 14.0. The van der Waals surface area contributed by atoms with Crippen molar-refractivity contribution in [2.45, 2.75) is 0 Å². The largest absolute Gasteiger partial charge is 0.344 e. The third-order valence-corrected chi connectivity index (χ3v) is 0. The normalized spacial score (nSPS) is 2.00. The van der Waals surface area contributed by atoms with E-state index in [-0.39, 0.29) is 12.3 Å². The van der Waals surface area contributed by atoms with Crippen LogP contribution < -0.4 is 12.3 Å². The third kappa shape index (κ3) is 497. The second-order valence-corrected chi connectivity index (χ2v) is 0. The Balaban J connectivity index is -0.00000000500. The van der Waals surface area contributed by atoms with Crippen LogP contribution in [-0.2, 0) is 0 Å². The topological polar surface area (TPSA) is 151 Å². The number of hydrogen-bond acceptors (Lipinski definition) is 6. The maximum Gasteiger partial charge on any atom is -0.255 e. The highest BCUT2D eigenvalue weighted by molar-refractivity contribution is 2.14. The zero-order valence-electron chi connectivity index (χ0n) is 3.20. The SMILES string of the molecule is N.N.OO.OO. The molecule has 0 radical (unpaired) electrons. The molecule has 6 heteroatoms. The van der Waals surface area contributed by atoms with E-state index in [4.69, 9.17) is 21.0 Å². The summed E-state index contributed by atoms with van der Waals surface area (Å²) in [6.07, 6.45) is 0. The number of rotatable bonds is 0. The fraction of sp³-hybridized carbons (Fsp3) is 0. The van der Waals surface area contributed by atoms with Gasteiger partial charge < -0.3 is 12.3 Å². The molecule has 0 aromatic heterocycles. The summed E-state index contributed by atoms with van der Waals surface area (Å²) in [4.78, 5) is 0. The van der Waals surface area contributed by atoms with E-state index in [1.807, 2.05) is 0 Å². The molecule has 0 aliphatic rings. The monoisotopic (exact) mass is 102 g/mol. The van der Waals surface area contributed by atoms with Gasteiger partial charge in [0.1, 0.15) is 0 Å². The lowest BCUT2D eigenvalue weighted by molar-refractivity contribution is -0.176. The Morgan fingerprint density at radius 2 is 0.500 bits per heavy atom. The van der Waals surface area contributed by atoms with Crippen LogP contribution in [0.3, 0.4) is 0 Å². The minimum Gasteiger partial charge on any atom is -0.344 e. The third-order valence-electron chi connectivity index (χ3n) is 0. The van der Waals surface area contributed by atoms with E-state index in [1.165, 1.54) is 0 Å². The molecular weight excluding hydrogens is 92.0 g/mol. The summed E-state index contributed by atoms with van der Waals surface area (Å²) >= 11 is 0. The molecular formula is H10N2O4. The molecule has 0 atom stereocenters. The van der Waals surface area contributed by atoms with Crippen molar-refractivity contribution in [1.82, 2.24) is 12.3 Å². The summed E-state index contributed by atoms with van der Waals surface area (Å²) in [5.41, 5.74) is 0. The van der Waals surface area contributed by atoms with Gasteiger partial charge in [-0.1, -0.05) is 0 Å². The van der Waals surface area contributed by atoms with Crippen LogP contribution >= 0.6 is 0 Å². The molecule has 0 amide bonds. The van der Waals surface area contributed by atoms with Gasteiger partial charge >= 0.3 is 0 Å². The summed E-state index contributed by atoms with van der Waals surface area (Å²) < 4.78 is 0. The Morgan fingerprint density at radius 1 is 0.500 bits per heavy atom. The molecule has 0 aliphatic heterocycles. The minimum absolute atomic E-state index is 0. The Bertz CT molecular complexity index is 5.51. The van der Waals surface area contributed by atoms with E-state index < -0.39 is 0 Å². The van der Waals surface area contributed by atoms with Crippen LogP contribution in [0, 0.1) is 0 Å². The summed E-state index contributed by atoms with van der Waals surface area (Å²) in [6.45, 7) is 0. The molecule has 0 aliphatic carbocycles. The lowest BCUT2D eigenvalue weighted by Crippen LogP contribution is -1.29. The first-order valence-electron chi connectivity index (χ1n) is 0.400. The highest BCUT2D eigenvalue weighted by Crippen LogP contribution is 0.713. The Labute approximate surface area is 34.7 Å². The van der Waals surface area contributed by atoms with Gasteiger partial charge in [0.2, 0.25) is 0 Å². The molecule has 0 bridgehead atoms. The van der Waals surface area contributed by atoms with Crippen molar-refractivity contribution >= 4 is 0 Å². The van der Waals surface area contributed by atoms with Crippen LogP contribution in [0.4, 0.5) is 0 Å². The molecule has 0 saturated carbocycles. The molecule has 0 fully saturated rings. The van der Waals surface area contributed by atoms with Gasteiger partial charge in [-0.15, -0.1) is 0 Å². The molecule has 0 saturated heterocycles. The second kappa shape index (κ2) is 1170. The van der Waals surface area contributed by atoms with Crippen LogP contribution in [0.15, 0.2) is 0 Å². The second-order valence-electron chi connectivity index (χ2n) is 0. The van der Waals surface area contributed by atoms with E-state index in [1.54, 1.807) is 0 Å². The first-order chi connectivity index (χ1) is 2.00. The standard InChI is InChI=1S/2H3N.2H2O2/c;;2*1-2/h2*1H3;2*1-2H. The zero-order chi connectivity index (χ0) is 4.00. The summed E-state index contributed by atoms with van der Waals surface area (Å²) in [5, 5.41) is 24.0. The van der Waals surface area contributed by atoms with E-state index in [0.717, 1.165) is 0 Å². The van der Waals surface area contributed by atoms with Gasteiger partial charge in [-0.25, -0.2) is 0 Å². The van der Waals surface area contributed by atoms with Gasteiger partial charge in [0, 0.05) is 0 Å². The van der Waals surface area contributed by atoms with Crippen LogP contribution in [0.25, 0.3) is 0 Å². The maximum atomic E-state index is 6.00. The van der Waals surface area contributed by atoms with Crippen molar-refractivity contribution in [2.75, 3.05) is 0 Å². The first-order valence-corrected chi connectivity index (χ1v) is 0.400. The van der Waals surface area contributed by atoms with Gasteiger partial charge in [0.05, 0.1) is 0 Å². The smallest absolute Gasteiger partial charge is 0.255 e. The van der Waals surface area contributed by atoms with Crippen LogP contribution in [0.5, 0.6) is 0 Å². The summed E-state index contributed by atoms with van der Waals surface area (Å²) in [7, 11) is 0. The Kier molecular flexibility index (Phi) is 8200. The summed E-state index contributed by atoms with van der Waals surface area (Å²) in [5.74, 6) is 0. The van der Waals surface area contributed by atoms with E-state index in [9.17, 15) is 0 Å². The van der Waals surface area contributed by atoms with E-state index >= 15 is 0 Å². The van der Waals surface area contributed by atoms with Crippen molar-refractivity contribution in [1.29, 1.82) is 0 Å². The highest BCUT2D eigenvalue weighted by Gasteiger charge is 0.747. The van der Waals surface area contributed by atoms with Crippen molar-refractivity contribution in [2.24, 2.45) is 0 Å². The van der Waals surface area contributed by atoms with Crippen molar-refractivity contribution in [3.63, 3.8) is 0 Å². The predicted octanol–water partition coefficient (Wildman–Crippen LogP) is 0.359. The van der Waals surface area contributed by atoms with Crippen molar-refractivity contribution in [3.8, 4) is 0 Å². The maximum absolute atomic E-state index is 6.00. The van der Waals surface area contributed by atoms with Gasteiger partial charge in [-0.3, -0.25) is 21.0 Å². The molecule has 6 nitrogen and oxygen atoms in total. The molecule has 0 heterocycles. The molecule has 10 N–H and O–H groups in total. The average Bonchev–Trinajstić information content (AvgIpc) is 1.50. The van der Waals surface area contributed by atoms with Gasteiger partial charge in [0.15, 0.2) is 0 Å². The molecule has 0 rings (SSSR count). The number of hydrogen-bond donors (Lipinski definition) is 6. The first kappa shape index (κ1) is 42.1. The molecule has 0 aromatic carbocycles. The molecule has 44 valence electrons. The molecule has 0 aromatic rings. The van der Waals surface area contributed by atoms with E-state index in [2.05, 4.69) is 0 Å². The zero-order valence-corrected chi connectivity index (χ0v) is 3.20. The predicted molar refractivity (Wildman–Crippen MR) is 20.6 cm³/mol. The Morgan fingerprint density at radius 3 is 0.500 bits per heavy atom. The van der Waals surface area contributed by atoms with Crippen LogP contribution in [-0.4, -0.2) is 21.0 Å². The van der Waals surface area contributed by atoms with Crippen molar-refractivity contribution < 1.29 is 21.0 Å². The van der Waals surface area contributed by atoms with Gasteiger partial charge in [0.25, 0.3) is 0 Å². The molecule has 0 unspecified atom stereocenters. The molecule has 6 heavy (non-hydrogen) atoms. The summed E-state index contributed by atoms with van der Waals surface area (Å²) in [6, 6.07) is 0.